The molecule has 13 heteroatoms. The maximum Gasteiger partial charge on any atom is 0.550 e. The second kappa shape index (κ2) is 16.5. The van der Waals surface area contributed by atoms with Crippen molar-refractivity contribution in [2.24, 2.45) is 9.98 Å². The standard InChI is InChI=1S/C11H14N3O5P.C8H17N3.ClH/c1-3-17-20(16,18-4-2)19-14-11(15)9-7-5-6-8-10(9)12-13-14;1-4-9-8-10-6-5-7-11(2)3;/h5-8H,3-4H2,1-2H3;4-7H2,1-3H3;1H. The van der Waals surface area contributed by atoms with E-state index in [-0.39, 0.29) is 25.6 Å². The number of fused-ring (bicyclic) bond motifs is 1. The quantitative estimate of drug-likeness (QED) is 0.268. The first-order valence-corrected chi connectivity index (χ1v) is 11.5. The van der Waals surface area contributed by atoms with Gasteiger partial charge in [0.05, 0.1) is 31.2 Å². The van der Waals surface area contributed by atoms with E-state index in [1.807, 2.05) is 6.92 Å². The normalized spacial score (nSPS) is 10.6. The Hall–Kier alpha value is -2.13. The number of phosphoric ester groups is 1. The van der Waals surface area contributed by atoms with Crippen LogP contribution in [-0.4, -0.2) is 73.0 Å². The molecule has 2 rings (SSSR count). The molecule has 0 fully saturated rings. The lowest BCUT2D eigenvalue weighted by atomic mass is 10.2. The minimum Gasteiger partial charge on any atom is -0.309 e. The number of aliphatic imine (C=N–C) groups is 2. The van der Waals surface area contributed by atoms with Gasteiger partial charge in [0.1, 0.15) is 5.52 Å². The zero-order valence-corrected chi connectivity index (χ0v) is 20.8. The minimum absolute atomic E-state index is 0. The van der Waals surface area contributed by atoms with Crippen molar-refractivity contribution in [1.82, 2.24) is 20.1 Å². The lowest BCUT2D eigenvalue weighted by molar-refractivity contribution is 0.0900. The van der Waals surface area contributed by atoms with Gasteiger partial charge in [-0.3, -0.25) is 18.5 Å². The van der Waals surface area contributed by atoms with Crippen LogP contribution < -0.4 is 10.2 Å². The maximum atomic E-state index is 12.2. The van der Waals surface area contributed by atoms with Crippen molar-refractivity contribution in [1.29, 1.82) is 0 Å². The number of hydrogen-bond acceptors (Lipinski definition) is 10. The third kappa shape index (κ3) is 10.9. The fraction of sp³-hybridized carbons (Fsp3) is 0.579. The van der Waals surface area contributed by atoms with Gasteiger partial charge in [-0.2, -0.15) is 0 Å². The van der Waals surface area contributed by atoms with Crippen molar-refractivity contribution in [3.8, 4) is 0 Å². The molecule has 1 heterocycles. The monoisotopic (exact) mass is 490 g/mol. The van der Waals surface area contributed by atoms with Crippen molar-refractivity contribution in [3.63, 3.8) is 0 Å². The van der Waals surface area contributed by atoms with E-state index >= 15 is 0 Å². The van der Waals surface area contributed by atoms with Crippen molar-refractivity contribution in [2.45, 2.75) is 27.2 Å². The first kappa shape index (κ1) is 29.9. The summed E-state index contributed by atoms with van der Waals surface area (Å²) in [5.74, 6) is 0. The van der Waals surface area contributed by atoms with Crippen molar-refractivity contribution < 1.29 is 18.2 Å². The van der Waals surface area contributed by atoms with Gasteiger partial charge >= 0.3 is 13.4 Å². The Morgan fingerprint density at radius 1 is 1.12 bits per heavy atom. The van der Waals surface area contributed by atoms with E-state index in [0.29, 0.717) is 15.7 Å². The molecule has 0 unspecified atom stereocenters. The van der Waals surface area contributed by atoms with E-state index in [2.05, 4.69) is 45.3 Å². The van der Waals surface area contributed by atoms with E-state index < -0.39 is 13.4 Å². The summed E-state index contributed by atoms with van der Waals surface area (Å²) in [6.45, 7) is 8.13. The molecule has 1 aromatic carbocycles. The Kier molecular flexibility index (Phi) is 15.4. The van der Waals surface area contributed by atoms with Crippen molar-refractivity contribution in [2.75, 3.05) is 46.9 Å². The van der Waals surface area contributed by atoms with Crippen LogP contribution in [0.2, 0.25) is 0 Å². The number of aromatic nitrogens is 3. The molecule has 0 saturated carbocycles. The molecule has 0 aliphatic rings. The fourth-order valence-corrected chi connectivity index (χ4v) is 3.26. The van der Waals surface area contributed by atoms with Crippen LogP contribution in [0.3, 0.4) is 0 Å². The molecule has 1 aromatic heterocycles. The smallest absolute Gasteiger partial charge is 0.309 e. The van der Waals surface area contributed by atoms with Gasteiger partial charge < -0.3 is 4.90 Å². The van der Waals surface area contributed by atoms with Gasteiger partial charge in [0.2, 0.25) is 0 Å². The van der Waals surface area contributed by atoms with Crippen LogP contribution >= 0.6 is 20.2 Å². The average Bonchev–Trinajstić information content (AvgIpc) is 2.73. The van der Waals surface area contributed by atoms with Gasteiger partial charge in [0.15, 0.2) is 0 Å². The molecule has 180 valence electrons. The van der Waals surface area contributed by atoms with Crippen LogP contribution in [0, 0.1) is 0 Å². The summed E-state index contributed by atoms with van der Waals surface area (Å²) in [5.41, 5.74) is -0.171. The van der Waals surface area contributed by atoms with Crippen LogP contribution in [-0.2, 0) is 13.6 Å². The Labute approximate surface area is 194 Å². The summed E-state index contributed by atoms with van der Waals surface area (Å²) in [6, 6.07) is 9.26. The highest BCUT2D eigenvalue weighted by molar-refractivity contribution is 7.48. The average molecular weight is 491 g/mol. The number of nitrogens with zero attached hydrogens (tertiary/aromatic N) is 6. The van der Waals surface area contributed by atoms with Crippen LogP contribution in [0.15, 0.2) is 39.0 Å². The highest BCUT2D eigenvalue weighted by Gasteiger charge is 2.29. The summed E-state index contributed by atoms with van der Waals surface area (Å²) in [7, 11) is 0.233. The van der Waals surface area contributed by atoms with Gasteiger partial charge in [0, 0.05) is 6.54 Å². The van der Waals surface area contributed by atoms with Crippen LogP contribution in [0.5, 0.6) is 0 Å². The summed E-state index contributed by atoms with van der Waals surface area (Å²) >= 11 is 0. The second-order valence-corrected chi connectivity index (χ2v) is 7.84. The first-order chi connectivity index (χ1) is 14.9. The zero-order chi connectivity index (χ0) is 23.1. The van der Waals surface area contributed by atoms with Crippen LogP contribution in [0.4, 0.5) is 0 Å². The van der Waals surface area contributed by atoms with Gasteiger partial charge in [-0.15, -0.1) is 17.5 Å². The van der Waals surface area contributed by atoms with Crippen LogP contribution in [0.1, 0.15) is 27.2 Å². The van der Waals surface area contributed by atoms with Crippen molar-refractivity contribution in [3.05, 3.63) is 34.6 Å². The first-order valence-electron chi connectivity index (χ1n) is 10.0. The van der Waals surface area contributed by atoms with Gasteiger partial charge in [-0.05, 0) is 70.0 Å². The third-order valence-electron chi connectivity index (χ3n) is 3.47. The number of rotatable bonds is 11. The van der Waals surface area contributed by atoms with E-state index in [0.717, 1.165) is 26.1 Å². The number of benzene rings is 1. The topological polar surface area (TPSA) is 120 Å². The molecule has 0 radical (unpaired) electrons. The lowest BCUT2D eigenvalue weighted by Gasteiger charge is -2.15. The minimum atomic E-state index is -3.89. The van der Waals surface area contributed by atoms with E-state index in [4.69, 9.17) is 13.7 Å². The predicted octanol–water partition coefficient (Wildman–Crippen LogP) is 2.95. The fourth-order valence-electron chi connectivity index (χ4n) is 2.16. The van der Waals surface area contributed by atoms with Crippen LogP contribution in [0.25, 0.3) is 10.9 Å². The van der Waals surface area contributed by atoms with E-state index in [9.17, 15) is 9.36 Å². The maximum absolute atomic E-state index is 12.2. The summed E-state index contributed by atoms with van der Waals surface area (Å²) in [5, 5.41) is 7.65. The third-order valence-corrected chi connectivity index (χ3v) is 4.97. The lowest BCUT2D eigenvalue weighted by Crippen LogP contribution is -2.30. The molecule has 0 amide bonds. The molecule has 0 spiro atoms. The number of phosphoric acid groups is 1. The number of hydrogen-bond donors (Lipinski definition) is 0. The van der Waals surface area contributed by atoms with Crippen molar-refractivity contribution >= 4 is 37.1 Å². The molecule has 0 aliphatic heterocycles. The summed E-state index contributed by atoms with van der Waals surface area (Å²) in [6.07, 6.45) is 1.08. The summed E-state index contributed by atoms with van der Waals surface area (Å²) in [4.78, 5) is 22.6. The molecule has 32 heavy (non-hydrogen) atoms. The molecule has 0 atom stereocenters. The zero-order valence-electron chi connectivity index (χ0n) is 19.1. The molecule has 0 bridgehead atoms. The predicted molar refractivity (Wildman–Crippen MR) is 127 cm³/mol. The van der Waals surface area contributed by atoms with E-state index in [1.54, 1.807) is 38.1 Å². The van der Waals surface area contributed by atoms with Gasteiger partial charge in [-0.25, -0.2) is 14.5 Å². The Bertz CT molecular complexity index is 955. The molecule has 0 aliphatic carbocycles. The van der Waals surface area contributed by atoms with Gasteiger partial charge in [-0.1, -0.05) is 12.1 Å². The second-order valence-electron chi connectivity index (χ2n) is 6.26. The molecular formula is C19H32ClN6O5P. The molecule has 0 saturated heterocycles. The highest BCUT2D eigenvalue weighted by atomic mass is 35.5. The largest absolute Gasteiger partial charge is 0.550 e. The SMILES string of the molecule is CCN=C=NCCCN(C)C.CCOP(=O)(OCC)On1nnc2ccccc2c1=O.Cl. The Morgan fingerprint density at radius 3 is 2.38 bits per heavy atom. The molecule has 0 N–H and O–H groups in total. The number of halogens is 1. The summed E-state index contributed by atoms with van der Waals surface area (Å²) < 4.78 is 27.0. The molecular weight excluding hydrogens is 459 g/mol. The Morgan fingerprint density at radius 2 is 1.78 bits per heavy atom. The Balaban J connectivity index is 0.000000690. The van der Waals surface area contributed by atoms with E-state index in [1.165, 1.54) is 0 Å². The molecule has 11 nitrogen and oxygen atoms in total. The van der Waals surface area contributed by atoms with Gasteiger partial charge in [0.25, 0.3) is 0 Å². The molecule has 2 aromatic rings. The highest BCUT2D eigenvalue weighted by Crippen LogP contribution is 2.45.